The number of nitrogens with one attached hydrogen (secondary N) is 2. The number of nitrogens with zero attached hydrogens (tertiary/aromatic N) is 2. The summed E-state index contributed by atoms with van der Waals surface area (Å²) >= 11 is 0. The summed E-state index contributed by atoms with van der Waals surface area (Å²) in [5, 5.41) is 10.6. The molecule has 3 atom stereocenters. The van der Waals surface area contributed by atoms with Crippen molar-refractivity contribution in [1.82, 2.24) is 20.4 Å². The third-order valence-electron chi connectivity index (χ3n) is 4.40. The normalized spacial score (nSPS) is 28.6. The summed E-state index contributed by atoms with van der Waals surface area (Å²) in [7, 11) is 1.88. The van der Waals surface area contributed by atoms with Gasteiger partial charge in [-0.05, 0) is 25.2 Å². The summed E-state index contributed by atoms with van der Waals surface area (Å²) in [6.45, 7) is 0.570. The molecule has 1 amide bonds. The predicted molar refractivity (Wildman–Crippen MR) is 79.6 cm³/mol. The number of aromatic nitrogens is 2. The second-order valence-corrected chi connectivity index (χ2v) is 5.85. The number of hydrogen-bond acceptors (Lipinski definition) is 3. The molecule has 20 heavy (non-hydrogen) atoms. The van der Waals surface area contributed by atoms with Crippen LogP contribution in [0.4, 0.5) is 0 Å². The molecule has 112 valence electrons. The van der Waals surface area contributed by atoms with Crippen LogP contribution in [0.2, 0.25) is 0 Å². The molecule has 2 aliphatic rings. The average molecular weight is 299 g/mol. The van der Waals surface area contributed by atoms with Crippen molar-refractivity contribution in [2.75, 3.05) is 0 Å². The van der Waals surface area contributed by atoms with Crippen LogP contribution in [-0.2, 0) is 18.4 Å². The molecule has 1 aliphatic heterocycles. The van der Waals surface area contributed by atoms with E-state index in [1.165, 1.54) is 25.7 Å². The van der Waals surface area contributed by atoms with Gasteiger partial charge in [0.1, 0.15) is 0 Å². The number of carbonyl (C=O) groups excluding carboxylic acids is 1. The summed E-state index contributed by atoms with van der Waals surface area (Å²) in [4.78, 5) is 12.2. The molecule has 1 aromatic heterocycles. The summed E-state index contributed by atoms with van der Waals surface area (Å²) < 4.78 is 1.75. The van der Waals surface area contributed by atoms with Crippen molar-refractivity contribution in [3.63, 3.8) is 0 Å². The number of aryl methyl sites for hydroxylation is 1. The molecule has 0 bridgehead atoms. The van der Waals surface area contributed by atoms with E-state index in [9.17, 15) is 4.79 Å². The highest BCUT2D eigenvalue weighted by Gasteiger charge is 2.37. The van der Waals surface area contributed by atoms with E-state index in [1.807, 2.05) is 13.2 Å². The first-order valence-electron chi connectivity index (χ1n) is 7.23. The molecule has 3 rings (SSSR count). The second kappa shape index (κ2) is 6.59. The van der Waals surface area contributed by atoms with E-state index in [2.05, 4.69) is 15.7 Å². The molecule has 2 heterocycles. The predicted octanol–water partition coefficient (Wildman–Crippen LogP) is 1.38. The highest BCUT2D eigenvalue weighted by molar-refractivity contribution is 5.85. The Kier molecular flexibility index (Phi) is 5.05. The Morgan fingerprint density at radius 1 is 1.50 bits per heavy atom. The van der Waals surface area contributed by atoms with Crippen LogP contribution in [0.15, 0.2) is 12.4 Å². The number of rotatable bonds is 3. The number of fused-ring (bicyclic) bond motifs is 1. The Hall–Kier alpha value is -1.07. The van der Waals surface area contributed by atoms with E-state index in [-0.39, 0.29) is 24.4 Å². The molecule has 1 aromatic rings. The molecule has 3 unspecified atom stereocenters. The van der Waals surface area contributed by atoms with Crippen molar-refractivity contribution >= 4 is 18.3 Å². The van der Waals surface area contributed by atoms with Gasteiger partial charge in [0.15, 0.2) is 0 Å². The fraction of sp³-hybridized carbons (Fsp3) is 0.714. The van der Waals surface area contributed by atoms with Gasteiger partial charge in [-0.15, -0.1) is 12.4 Å². The highest BCUT2D eigenvalue weighted by Crippen LogP contribution is 2.33. The molecule has 1 aliphatic carbocycles. The van der Waals surface area contributed by atoms with E-state index >= 15 is 0 Å². The van der Waals surface area contributed by atoms with Gasteiger partial charge < -0.3 is 10.6 Å². The topological polar surface area (TPSA) is 59.0 Å². The Balaban J connectivity index is 0.00000147. The minimum atomic E-state index is 0. The van der Waals surface area contributed by atoms with Crippen molar-refractivity contribution < 1.29 is 4.79 Å². The zero-order chi connectivity index (χ0) is 13.2. The SMILES string of the molecule is Cl.Cn1cc(CNC(=O)C2CC3CCCCC3N2)cn1. The maximum atomic E-state index is 12.2. The quantitative estimate of drug-likeness (QED) is 0.886. The Labute approximate surface area is 125 Å². The molecule has 1 saturated carbocycles. The van der Waals surface area contributed by atoms with Gasteiger partial charge >= 0.3 is 0 Å². The van der Waals surface area contributed by atoms with Crippen molar-refractivity contribution in [1.29, 1.82) is 0 Å². The molecule has 0 aromatic carbocycles. The maximum Gasteiger partial charge on any atom is 0.237 e. The van der Waals surface area contributed by atoms with Crippen molar-refractivity contribution in [3.05, 3.63) is 18.0 Å². The Morgan fingerprint density at radius 2 is 2.30 bits per heavy atom. The molecule has 2 fully saturated rings. The third-order valence-corrected chi connectivity index (χ3v) is 4.40. The molecule has 1 saturated heterocycles. The smallest absolute Gasteiger partial charge is 0.237 e. The van der Waals surface area contributed by atoms with E-state index in [4.69, 9.17) is 0 Å². The first-order chi connectivity index (χ1) is 9.22. The Bertz CT molecular complexity index is 448. The van der Waals surface area contributed by atoms with E-state index < -0.39 is 0 Å². The van der Waals surface area contributed by atoms with Gasteiger partial charge in [-0.2, -0.15) is 5.10 Å². The zero-order valence-electron chi connectivity index (χ0n) is 11.8. The summed E-state index contributed by atoms with van der Waals surface area (Å²) in [5.74, 6) is 0.848. The molecule has 0 radical (unpaired) electrons. The van der Waals surface area contributed by atoms with Crippen LogP contribution in [0.3, 0.4) is 0 Å². The van der Waals surface area contributed by atoms with Crippen LogP contribution >= 0.6 is 12.4 Å². The fourth-order valence-electron chi connectivity index (χ4n) is 3.40. The summed E-state index contributed by atoms with van der Waals surface area (Å²) in [5.41, 5.74) is 1.05. The lowest BCUT2D eigenvalue weighted by atomic mass is 9.85. The van der Waals surface area contributed by atoms with Gasteiger partial charge in [0, 0.05) is 31.4 Å². The lowest BCUT2D eigenvalue weighted by Gasteiger charge is -2.24. The number of halogens is 1. The lowest BCUT2D eigenvalue weighted by molar-refractivity contribution is -0.123. The maximum absolute atomic E-state index is 12.2. The van der Waals surface area contributed by atoms with E-state index in [0.717, 1.165) is 12.0 Å². The van der Waals surface area contributed by atoms with Crippen LogP contribution in [0.1, 0.15) is 37.7 Å². The zero-order valence-corrected chi connectivity index (χ0v) is 12.7. The Morgan fingerprint density at radius 3 is 3.00 bits per heavy atom. The van der Waals surface area contributed by atoms with Gasteiger partial charge in [0.25, 0.3) is 0 Å². The first kappa shape index (κ1) is 15.3. The van der Waals surface area contributed by atoms with Crippen LogP contribution in [0.5, 0.6) is 0 Å². The first-order valence-corrected chi connectivity index (χ1v) is 7.23. The summed E-state index contributed by atoms with van der Waals surface area (Å²) in [6, 6.07) is 0.577. The minimum absolute atomic E-state index is 0. The summed E-state index contributed by atoms with van der Waals surface area (Å²) in [6.07, 6.45) is 9.87. The van der Waals surface area contributed by atoms with Crippen molar-refractivity contribution in [2.45, 2.75) is 50.7 Å². The van der Waals surface area contributed by atoms with E-state index in [0.29, 0.717) is 18.5 Å². The van der Waals surface area contributed by atoms with Gasteiger partial charge in [0.05, 0.1) is 12.2 Å². The van der Waals surface area contributed by atoms with Crippen LogP contribution in [-0.4, -0.2) is 27.8 Å². The number of amides is 1. The van der Waals surface area contributed by atoms with Gasteiger partial charge in [-0.1, -0.05) is 12.8 Å². The average Bonchev–Trinajstić information content (AvgIpc) is 3.01. The molecule has 2 N–H and O–H groups in total. The van der Waals surface area contributed by atoms with E-state index in [1.54, 1.807) is 10.9 Å². The third kappa shape index (κ3) is 3.33. The standard InChI is InChI=1S/C14H22N4O.ClH/c1-18-9-10(8-16-18)7-15-14(19)13-6-11-4-2-3-5-12(11)17-13;/h8-9,11-13,17H,2-7H2,1H3,(H,15,19);1H. The molecule has 5 nitrogen and oxygen atoms in total. The van der Waals surface area contributed by atoms with Gasteiger partial charge in [-0.25, -0.2) is 0 Å². The fourth-order valence-corrected chi connectivity index (χ4v) is 3.40. The molecule has 0 spiro atoms. The lowest BCUT2D eigenvalue weighted by Crippen LogP contribution is -2.42. The largest absolute Gasteiger partial charge is 0.351 e. The molecule has 6 heteroatoms. The van der Waals surface area contributed by atoms with Crippen LogP contribution in [0, 0.1) is 5.92 Å². The highest BCUT2D eigenvalue weighted by atomic mass is 35.5. The van der Waals surface area contributed by atoms with Crippen LogP contribution in [0.25, 0.3) is 0 Å². The van der Waals surface area contributed by atoms with Crippen molar-refractivity contribution in [2.24, 2.45) is 13.0 Å². The number of carbonyl (C=O) groups is 1. The molecular weight excluding hydrogens is 276 g/mol. The van der Waals surface area contributed by atoms with Crippen LogP contribution < -0.4 is 10.6 Å². The second-order valence-electron chi connectivity index (χ2n) is 5.85. The molecular formula is C14H23ClN4O. The monoisotopic (exact) mass is 298 g/mol. The minimum Gasteiger partial charge on any atom is -0.351 e. The van der Waals surface area contributed by atoms with Crippen molar-refractivity contribution in [3.8, 4) is 0 Å². The van der Waals surface area contributed by atoms with Gasteiger partial charge in [-0.3, -0.25) is 9.48 Å². The number of hydrogen-bond donors (Lipinski definition) is 2. The van der Waals surface area contributed by atoms with Gasteiger partial charge in [0.2, 0.25) is 5.91 Å².